The summed E-state index contributed by atoms with van der Waals surface area (Å²) in [4.78, 5) is 20.8. The minimum Gasteiger partial charge on any atom is -0.378 e. The SMILES string of the molecule is CN(C)c1ccc(N2C(=NC(=O)[C@@H]3CCCO3)S[C@H]3CS(=O)(=O)C[C@@H]32)cc1. The normalized spacial score (nSPS) is 30.7. The number of amidine groups is 1. The summed E-state index contributed by atoms with van der Waals surface area (Å²) in [5.74, 6) is -0.0534. The second-order valence-electron chi connectivity index (χ2n) is 7.32. The van der Waals surface area contributed by atoms with Crippen molar-refractivity contribution in [2.24, 2.45) is 4.99 Å². The van der Waals surface area contributed by atoms with Gasteiger partial charge in [-0.1, -0.05) is 11.8 Å². The van der Waals surface area contributed by atoms with E-state index in [0.29, 0.717) is 18.2 Å². The van der Waals surface area contributed by atoms with Gasteiger partial charge in [-0.15, -0.1) is 0 Å². The number of hydrogen-bond donors (Lipinski definition) is 0. The molecule has 4 rings (SSSR count). The van der Waals surface area contributed by atoms with Crippen LogP contribution in [0, 0.1) is 0 Å². The second-order valence-corrected chi connectivity index (χ2v) is 10.7. The fourth-order valence-electron chi connectivity index (χ4n) is 3.72. The zero-order valence-electron chi connectivity index (χ0n) is 15.4. The van der Waals surface area contributed by atoms with Crippen molar-refractivity contribution >= 4 is 44.0 Å². The monoisotopic (exact) mass is 409 g/mol. The van der Waals surface area contributed by atoms with Crippen molar-refractivity contribution in [1.29, 1.82) is 0 Å². The first-order valence-electron chi connectivity index (χ1n) is 9.02. The molecular weight excluding hydrogens is 386 g/mol. The number of thioether (sulfide) groups is 1. The molecule has 0 unspecified atom stereocenters. The Labute approximate surface area is 163 Å². The molecule has 0 spiro atoms. The summed E-state index contributed by atoms with van der Waals surface area (Å²) in [6.45, 7) is 0.591. The zero-order chi connectivity index (χ0) is 19.2. The molecular formula is C18H23N3O4S2. The van der Waals surface area contributed by atoms with Gasteiger partial charge < -0.3 is 14.5 Å². The van der Waals surface area contributed by atoms with Gasteiger partial charge in [0.25, 0.3) is 5.91 Å². The molecule has 27 heavy (non-hydrogen) atoms. The van der Waals surface area contributed by atoms with Crippen LogP contribution in [0.4, 0.5) is 11.4 Å². The summed E-state index contributed by atoms with van der Waals surface area (Å²) >= 11 is 1.39. The van der Waals surface area contributed by atoms with Gasteiger partial charge in [0, 0.05) is 37.3 Å². The van der Waals surface area contributed by atoms with E-state index in [4.69, 9.17) is 4.74 Å². The number of nitrogens with zero attached hydrogens (tertiary/aromatic N) is 3. The van der Waals surface area contributed by atoms with Gasteiger partial charge in [-0.05, 0) is 37.1 Å². The van der Waals surface area contributed by atoms with E-state index in [2.05, 4.69) is 4.99 Å². The number of fused-ring (bicyclic) bond motifs is 1. The van der Waals surface area contributed by atoms with Crippen LogP contribution in [-0.4, -0.2) is 69.1 Å². The molecule has 3 fully saturated rings. The lowest BCUT2D eigenvalue weighted by atomic mass is 10.2. The molecule has 0 aromatic heterocycles. The molecule has 0 bridgehead atoms. The van der Waals surface area contributed by atoms with Crippen LogP contribution in [0.5, 0.6) is 0 Å². The van der Waals surface area contributed by atoms with Gasteiger partial charge in [-0.25, -0.2) is 8.42 Å². The molecule has 0 radical (unpaired) electrons. The third-order valence-corrected chi connectivity index (χ3v) is 8.33. The van der Waals surface area contributed by atoms with Crippen LogP contribution < -0.4 is 9.80 Å². The summed E-state index contributed by atoms with van der Waals surface area (Å²) in [7, 11) is 0.861. The average Bonchev–Trinajstić information content (AvgIpc) is 3.29. The van der Waals surface area contributed by atoms with E-state index in [9.17, 15) is 13.2 Å². The van der Waals surface area contributed by atoms with E-state index in [0.717, 1.165) is 17.8 Å². The fraction of sp³-hybridized carbons (Fsp3) is 0.556. The molecule has 0 saturated carbocycles. The largest absolute Gasteiger partial charge is 0.378 e. The lowest BCUT2D eigenvalue weighted by Gasteiger charge is -2.25. The number of amides is 1. The minimum absolute atomic E-state index is 0.0905. The van der Waals surface area contributed by atoms with Crippen LogP contribution in [0.15, 0.2) is 29.3 Å². The zero-order valence-corrected chi connectivity index (χ0v) is 17.0. The van der Waals surface area contributed by atoms with Crippen LogP contribution in [-0.2, 0) is 19.4 Å². The first kappa shape index (κ1) is 18.8. The Kier molecular flexibility index (Phi) is 4.94. The molecule has 9 heteroatoms. The molecule has 1 aromatic carbocycles. The molecule has 3 saturated heterocycles. The number of anilines is 2. The molecule has 1 amide bonds. The Balaban J connectivity index is 1.66. The smallest absolute Gasteiger partial charge is 0.277 e. The third-order valence-electron chi connectivity index (χ3n) is 5.12. The summed E-state index contributed by atoms with van der Waals surface area (Å²) in [5.41, 5.74) is 1.91. The Morgan fingerprint density at radius 2 is 2.00 bits per heavy atom. The van der Waals surface area contributed by atoms with Gasteiger partial charge >= 0.3 is 0 Å². The van der Waals surface area contributed by atoms with Crippen LogP contribution in [0.2, 0.25) is 0 Å². The van der Waals surface area contributed by atoms with Crippen molar-refractivity contribution in [1.82, 2.24) is 0 Å². The Morgan fingerprint density at radius 1 is 1.26 bits per heavy atom. The Morgan fingerprint density at radius 3 is 2.63 bits per heavy atom. The number of carbonyl (C=O) groups excluding carboxylic acids is 1. The van der Waals surface area contributed by atoms with E-state index in [1.807, 2.05) is 48.2 Å². The van der Waals surface area contributed by atoms with Crippen molar-refractivity contribution in [3.05, 3.63) is 24.3 Å². The molecule has 146 valence electrons. The molecule has 3 aliphatic rings. The predicted molar refractivity (Wildman–Crippen MR) is 108 cm³/mol. The number of benzene rings is 1. The molecule has 3 atom stereocenters. The second kappa shape index (κ2) is 7.10. The first-order chi connectivity index (χ1) is 12.8. The van der Waals surface area contributed by atoms with Crippen LogP contribution >= 0.6 is 11.8 Å². The highest BCUT2D eigenvalue weighted by atomic mass is 32.2. The van der Waals surface area contributed by atoms with Gasteiger partial charge in [-0.3, -0.25) is 4.79 Å². The van der Waals surface area contributed by atoms with Gasteiger partial charge in [-0.2, -0.15) is 4.99 Å². The van der Waals surface area contributed by atoms with E-state index >= 15 is 0 Å². The highest BCUT2D eigenvalue weighted by molar-refractivity contribution is 8.16. The lowest BCUT2D eigenvalue weighted by molar-refractivity contribution is -0.126. The quantitative estimate of drug-likeness (QED) is 0.749. The van der Waals surface area contributed by atoms with Gasteiger partial charge in [0.15, 0.2) is 15.0 Å². The molecule has 7 nitrogen and oxygen atoms in total. The van der Waals surface area contributed by atoms with Gasteiger partial charge in [0.2, 0.25) is 0 Å². The van der Waals surface area contributed by atoms with Crippen LogP contribution in [0.1, 0.15) is 12.8 Å². The maximum absolute atomic E-state index is 12.5. The van der Waals surface area contributed by atoms with E-state index < -0.39 is 15.9 Å². The van der Waals surface area contributed by atoms with Gasteiger partial charge in [0.1, 0.15) is 6.10 Å². The van der Waals surface area contributed by atoms with Crippen molar-refractivity contribution in [2.45, 2.75) is 30.2 Å². The number of rotatable bonds is 3. The maximum atomic E-state index is 12.5. The van der Waals surface area contributed by atoms with Crippen molar-refractivity contribution in [3.8, 4) is 0 Å². The standard InChI is InChI=1S/C18H23N3O4S2/c1-20(2)12-5-7-13(8-6-12)21-14-10-27(23,24)11-16(14)26-18(21)19-17(22)15-4-3-9-25-15/h5-8,14-16H,3-4,9-11H2,1-2H3/t14-,15-,16-/m0/s1. The van der Waals surface area contributed by atoms with E-state index in [-0.39, 0.29) is 28.7 Å². The third kappa shape index (κ3) is 3.72. The van der Waals surface area contributed by atoms with Crippen LogP contribution in [0.25, 0.3) is 0 Å². The topological polar surface area (TPSA) is 79.3 Å². The highest BCUT2D eigenvalue weighted by Gasteiger charge is 2.49. The lowest BCUT2D eigenvalue weighted by Crippen LogP contribution is -2.38. The van der Waals surface area contributed by atoms with Crippen molar-refractivity contribution < 1.29 is 17.9 Å². The summed E-state index contributed by atoms with van der Waals surface area (Å²) < 4.78 is 29.7. The summed E-state index contributed by atoms with van der Waals surface area (Å²) in [5, 5.41) is 0.484. The molecule has 1 aromatic rings. The van der Waals surface area contributed by atoms with Crippen molar-refractivity contribution in [2.75, 3.05) is 42.0 Å². The maximum Gasteiger partial charge on any atom is 0.277 e. The summed E-state index contributed by atoms with van der Waals surface area (Å²) in [6.07, 6.45) is 1.09. The number of sulfone groups is 1. The highest BCUT2D eigenvalue weighted by Crippen LogP contribution is 2.41. The number of aliphatic imine (C=N–C) groups is 1. The predicted octanol–water partition coefficient (Wildman–Crippen LogP) is 1.53. The summed E-state index contributed by atoms with van der Waals surface area (Å²) in [6, 6.07) is 7.68. The van der Waals surface area contributed by atoms with E-state index in [1.54, 1.807) is 0 Å². The molecule has 3 heterocycles. The number of ether oxygens (including phenoxy) is 1. The van der Waals surface area contributed by atoms with E-state index in [1.165, 1.54) is 11.8 Å². The molecule has 0 aliphatic carbocycles. The Bertz CT molecular complexity index is 861. The molecule has 0 N–H and O–H groups in total. The van der Waals surface area contributed by atoms with Crippen LogP contribution in [0.3, 0.4) is 0 Å². The fourth-order valence-corrected chi connectivity index (χ4v) is 7.64. The first-order valence-corrected chi connectivity index (χ1v) is 11.7. The molecule has 3 aliphatic heterocycles. The minimum atomic E-state index is -3.07. The number of hydrogen-bond acceptors (Lipinski definition) is 6. The Hall–Kier alpha value is -1.58. The number of carbonyl (C=O) groups is 1. The van der Waals surface area contributed by atoms with Gasteiger partial charge in [0.05, 0.1) is 17.5 Å². The van der Waals surface area contributed by atoms with Crippen molar-refractivity contribution in [3.63, 3.8) is 0 Å². The average molecular weight is 410 g/mol.